The van der Waals surface area contributed by atoms with Gasteiger partial charge in [0.2, 0.25) is 0 Å². The molecular formula is C16H20BrN3O. The van der Waals surface area contributed by atoms with Crippen LogP contribution in [0.3, 0.4) is 0 Å². The number of anilines is 1. The fourth-order valence-electron chi connectivity index (χ4n) is 2.81. The van der Waals surface area contributed by atoms with E-state index in [0.29, 0.717) is 11.7 Å². The predicted molar refractivity (Wildman–Crippen MR) is 87.4 cm³/mol. The Morgan fingerprint density at radius 2 is 2.14 bits per heavy atom. The summed E-state index contributed by atoms with van der Waals surface area (Å²) in [6.07, 6.45) is 7.71. The topological polar surface area (TPSA) is 51.0 Å². The zero-order valence-corrected chi connectivity index (χ0v) is 13.8. The first-order chi connectivity index (χ1) is 10.3. The van der Waals surface area contributed by atoms with Gasteiger partial charge in [-0.1, -0.05) is 19.8 Å². The number of furan rings is 1. The van der Waals surface area contributed by atoms with Crippen molar-refractivity contribution in [2.24, 2.45) is 0 Å². The minimum absolute atomic E-state index is 0.526. The molecule has 21 heavy (non-hydrogen) atoms. The summed E-state index contributed by atoms with van der Waals surface area (Å²) in [5.41, 5.74) is 1.12. The number of rotatable bonds is 5. The molecule has 3 rings (SSSR count). The van der Waals surface area contributed by atoms with Crippen molar-refractivity contribution in [3.8, 4) is 11.6 Å². The van der Waals surface area contributed by atoms with Crippen LogP contribution in [-0.2, 0) is 0 Å². The maximum Gasteiger partial charge on any atom is 0.197 e. The highest BCUT2D eigenvalue weighted by atomic mass is 79.9. The standard InChI is InChI=1S/C16H20BrN3O/c1-2-9-18-16-13(17)14(11-6-3-4-7-11)19-15(20-16)12-8-5-10-21-12/h5,8,10-11H,2-4,6-7,9H2,1H3,(H,18,19,20). The monoisotopic (exact) mass is 349 g/mol. The van der Waals surface area contributed by atoms with Crippen molar-refractivity contribution in [1.82, 2.24) is 9.97 Å². The van der Waals surface area contributed by atoms with E-state index < -0.39 is 0 Å². The lowest BCUT2D eigenvalue weighted by Crippen LogP contribution is -2.09. The Hall–Kier alpha value is -1.36. The van der Waals surface area contributed by atoms with Crippen LogP contribution in [0.1, 0.15) is 50.6 Å². The third-order valence-corrected chi connectivity index (χ3v) is 4.68. The number of nitrogens with zero attached hydrogens (tertiary/aromatic N) is 2. The lowest BCUT2D eigenvalue weighted by atomic mass is 10.0. The Morgan fingerprint density at radius 3 is 2.81 bits per heavy atom. The van der Waals surface area contributed by atoms with Gasteiger partial charge in [0.25, 0.3) is 0 Å². The van der Waals surface area contributed by atoms with Crippen molar-refractivity contribution in [1.29, 1.82) is 0 Å². The predicted octanol–water partition coefficient (Wildman–Crippen LogP) is 4.98. The molecule has 2 aromatic rings. The molecular weight excluding hydrogens is 330 g/mol. The van der Waals surface area contributed by atoms with Gasteiger partial charge in [-0.15, -0.1) is 0 Å². The van der Waals surface area contributed by atoms with Crippen molar-refractivity contribution in [3.63, 3.8) is 0 Å². The molecule has 5 heteroatoms. The summed E-state index contributed by atoms with van der Waals surface area (Å²) in [5.74, 6) is 2.79. The Morgan fingerprint density at radius 1 is 1.33 bits per heavy atom. The van der Waals surface area contributed by atoms with E-state index in [4.69, 9.17) is 9.40 Å². The average Bonchev–Trinajstić information content (AvgIpc) is 3.19. The minimum Gasteiger partial charge on any atom is -0.461 e. The van der Waals surface area contributed by atoms with E-state index in [1.807, 2.05) is 12.1 Å². The lowest BCUT2D eigenvalue weighted by molar-refractivity contribution is 0.575. The number of hydrogen-bond donors (Lipinski definition) is 1. The van der Waals surface area contributed by atoms with E-state index in [1.165, 1.54) is 25.7 Å². The molecule has 0 bridgehead atoms. The van der Waals surface area contributed by atoms with E-state index >= 15 is 0 Å². The molecule has 112 valence electrons. The van der Waals surface area contributed by atoms with Crippen LogP contribution in [0.4, 0.5) is 5.82 Å². The summed E-state index contributed by atoms with van der Waals surface area (Å²) >= 11 is 3.70. The van der Waals surface area contributed by atoms with Gasteiger partial charge in [-0.05, 0) is 47.3 Å². The molecule has 0 radical (unpaired) electrons. The first kappa shape index (κ1) is 14.6. The van der Waals surface area contributed by atoms with Crippen LogP contribution in [0.5, 0.6) is 0 Å². The van der Waals surface area contributed by atoms with Gasteiger partial charge in [-0.3, -0.25) is 0 Å². The maximum atomic E-state index is 5.47. The molecule has 2 heterocycles. The van der Waals surface area contributed by atoms with Gasteiger partial charge in [0.05, 0.1) is 16.4 Å². The molecule has 0 aliphatic heterocycles. The molecule has 1 aliphatic rings. The fraction of sp³-hybridized carbons (Fsp3) is 0.500. The molecule has 0 aromatic carbocycles. The van der Waals surface area contributed by atoms with Gasteiger partial charge in [0.15, 0.2) is 11.6 Å². The van der Waals surface area contributed by atoms with Crippen LogP contribution in [-0.4, -0.2) is 16.5 Å². The van der Waals surface area contributed by atoms with Crippen molar-refractivity contribution in [3.05, 3.63) is 28.6 Å². The van der Waals surface area contributed by atoms with Crippen molar-refractivity contribution < 1.29 is 4.42 Å². The molecule has 2 aromatic heterocycles. The van der Waals surface area contributed by atoms with Gasteiger partial charge in [0.1, 0.15) is 5.82 Å². The Labute approximate surface area is 133 Å². The largest absolute Gasteiger partial charge is 0.461 e. The summed E-state index contributed by atoms with van der Waals surface area (Å²) in [7, 11) is 0. The quantitative estimate of drug-likeness (QED) is 0.826. The summed E-state index contributed by atoms with van der Waals surface area (Å²) in [6, 6.07) is 3.78. The molecule has 1 N–H and O–H groups in total. The zero-order valence-electron chi connectivity index (χ0n) is 12.2. The van der Waals surface area contributed by atoms with E-state index in [0.717, 1.165) is 34.7 Å². The number of hydrogen-bond acceptors (Lipinski definition) is 4. The summed E-state index contributed by atoms with van der Waals surface area (Å²) in [5, 5.41) is 3.39. The highest BCUT2D eigenvalue weighted by Crippen LogP contribution is 2.39. The summed E-state index contributed by atoms with van der Waals surface area (Å²) in [6.45, 7) is 3.05. The van der Waals surface area contributed by atoms with Crippen LogP contribution >= 0.6 is 15.9 Å². The van der Waals surface area contributed by atoms with Gasteiger partial charge in [-0.2, -0.15) is 0 Å². The highest BCUT2D eigenvalue weighted by molar-refractivity contribution is 9.10. The molecule has 1 fully saturated rings. The summed E-state index contributed by atoms with van der Waals surface area (Å²) in [4.78, 5) is 9.40. The Bertz CT molecular complexity index is 592. The van der Waals surface area contributed by atoms with Crippen molar-refractivity contribution in [2.45, 2.75) is 44.9 Å². The van der Waals surface area contributed by atoms with E-state index in [1.54, 1.807) is 6.26 Å². The highest BCUT2D eigenvalue weighted by Gasteiger charge is 2.24. The van der Waals surface area contributed by atoms with Crippen molar-refractivity contribution >= 4 is 21.7 Å². The molecule has 0 saturated heterocycles. The second-order valence-corrected chi connectivity index (χ2v) is 6.27. The first-order valence-corrected chi connectivity index (χ1v) is 8.44. The van der Waals surface area contributed by atoms with Crippen LogP contribution < -0.4 is 5.32 Å². The minimum atomic E-state index is 0.526. The number of nitrogens with one attached hydrogen (secondary N) is 1. The molecule has 0 unspecified atom stereocenters. The fourth-order valence-corrected chi connectivity index (χ4v) is 3.45. The third-order valence-electron chi connectivity index (χ3n) is 3.90. The van der Waals surface area contributed by atoms with Crippen LogP contribution in [0.25, 0.3) is 11.6 Å². The molecule has 0 amide bonds. The zero-order chi connectivity index (χ0) is 14.7. The van der Waals surface area contributed by atoms with Crippen LogP contribution in [0.2, 0.25) is 0 Å². The van der Waals surface area contributed by atoms with E-state index in [9.17, 15) is 0 Å². The second kappa shape index (κ2) is 6.60. The second-order valence-electron chi connectivity index (χ2n) is 5.48. The summed E-state index contributed by atoms with van der Waals surface area (Å²) < 4.78 is 6.48. The number of aromatic nitrogens is 2. The van der Waals surface area contributed by atoms with Crippen molar-refractivity contribution in [2.75, 3.05) is 11.9 Å². The molecule has 1 saturated carbocycles. The van der Waals surface area contributed by atoms with Gasteiger partial charge >= 0.3 is 0 Å². The van der Waals surface area contributed by atoms with Gasteiger partial charge < -0.3 is 9.73 Å². The maximum absolute atomic E-state index is 5.47. The molecule has 1 aliphatic carbocycles. The molecule has 0 atom stereocenters. The smallest absolute Gasteiger partial charge is 0.197 e. The van der Waals surface area contributed by atoms with Crippen LogP contribution in [0, 0.1) is 0 Å². The SMILES string of the molecule is CCCNc1nc(-c2ccco2)nc(C2CCCC2)c1Br. The van der Waals surface area contributed by atoms with E-state index in [2.05, 4.69) is 33.2 Å². The van der Waals surface area contributed by atoms with Gasteiger partial charge in [0, 0.05) is 12.5 Å². The first-order valence-electron chi connectivity index (χ1n) is 7.64. The molecule has 0 spiro atoms. The lowest BCUT2D eigenvalue weighted by Gasteiger charge is -2.15. The average molecular weight is 350 g/mol. The Kier molecular flexibility index (Phi) is 4.58. The van der Waals surface area contributed by atoms with E-state index in [-0.39, 0.29) is 0 Å². The van der Waals surface area contributed by atoms with Crippen LogP contribution in [0.15, 0.2) is 27.3 Å². The molecule has 4 nitrogen and oxygen atoms in total. The third kappa shape index (κ3) is 3.12. The Balaban J connectivity index is 2.02. The van der Waals surface area contributed by atoms with Gasteiger partial charge in [-0.25, -0.2) is 9.97 Å². The number of halogens is 1. The normalized spacial score (nSPS) is 15.5.